The van der Waals surface area contributed by atoms with E-state index in [0.29, 0.717) is 17.9 Å². The van der Waals surface area contributed by atoms with Crippen molar-refractivity contribution < 1.29 is 9.53 Å². The molecule has 2 heterocycles. The third-order valence-corrected chi connectivity index (χ3v) is 6.73. The van der Waals surface area contributed by atoms with Crippen molar-refractivity contribution in [3.63, 3.8) is 0 Å². The molecule has 2 aliphatic rings. The van der Waals surface area contributed by atoms with Gasteiger partial charge in [-0.2, -0.15) is 0 Å². The van der Waals surface area contributed by atoms with Crippen LogP contribution in [-0.4, -0.2) is 67.1 Å². The number of rotatable bonds is 3. The second kappa shape index (κ2) is 7.45. The van der Waals surface area contributed by atoms with Crippen molar-refractivity contribution in [2.24, 2.45) is 11.8 Å². The number of likely N-dealkylation sites (N-methyl/N-ethyl adjacent to an activating group) is 1. The van der Waals surface area contributed by atoms with Crippen molar-refractivity contribution in [2.45, 2.75) is 38.8 Å². The summed E-state index contributed by atoms with van der Waals surface area (Å²) < 4.78 is 5.77. The Kier molecular flexibility index (Phi) is 5.15. The van der Waals surface area contributed by atoms with Crippen LogP contribution in [0.4, 0.5) is 0 Å². The van der Waals surface area contributed by atoms with Gasteiger partial charge in [0.25, 0.3) is 5.91 Å². The van der Waals surface area contributed by atoms with E-state index in [1.165, 1.54) is 5.56 Å². The number of carbonyl (C=O) groups excluding carboxylic acids is 1. The maximum absolute atomic E-state index is 13.2. The molecule has 1 aromatic carbocycles. The smallest absolute Gasteiger partial charge is 0.253 e. The Morgan fingerprint density at radius 1 is 1.14 bits per heavy atom. The number of ether oxygens (including phenoxy) is 1. The molecule has 5 heteroatoms. The number of nitrogens with zero attached hydrogens (tertiary/aromatic N) is 3. The lowest BCUT2D eigenvalue weighted by Gasteiger charge is -2.40. The molecule has 1 saturated carbocycles. The highest BCUT2D eigenvalue weighted by Crippen LogP contribution is 2.39. The van der Waals surface area contributed by atoms with E-state index < -0.39 is 0 Å². The highest BCUT2D eigenvalue weighted by Gasteiger charge is 2.44. The fraction of sp³-hybridized carbons (Fsp3) is 0.565. The van der Waals surface area contributed by atoms with E-state index in [0.717, 1.165) is 48.1 Å². The lowest BCUT2D eigenvalue weighted by molar-refractivity contribution is -0.0209. The van der Waals surface area contributed by atoms with Gasteiger partial charge in [-0.15, -0.1) is 0 Å². The van der Waals surface area contributed by atoms with Gasteiger partial charge in [0.2, 0.25) is 0 Å². The number of aryl methyl sites for hydroxylation is 2. The number of amides is 1. The van der Waals surface area contributed by atoms with E-state index in [9.17, 15) is 4.79 Å². The van der Waals surface area contributed by atoms with Gasteiger partial charge in [0, 0.05) is 42.9 Å². The molecule has 4 rings (SSSR count). The molecule has 28 heavy (non-hydrogen) atoms. The largest absolute Gasteiger partial charge is 0.380 e. The van der Waals surface area contributed by atoms with Crippen LogP contribution in [0.25, 0.3) is 10.9 Å². The van der Waals surface area contributed by atoms with E-state index in [1.807, 2.05) is 37.1 Å². The molecule has 1 amide bonds. The molecule has 0 N–H and O–H groups in total. The normalized spacial score (nSPS) is 27.4. The Balaban J connectivity index is 1.54. The van der Waals surface area contributed by atoms with Crippen LogP contribution in [0.3, 0.4) is 0 Å². The van der Waals surface area contributed by atoms with Gasteiger partial charge in [0.1, 0.15) is 0 Å². The second-order valence-corrected chi connectivity index (χ2v) is 8.82. The molecule has 0 radical (unpaired) electrons. The van der Waals surface area contributed by atoms with E-state index in [-0.39, 0.29) is 12.0 Å². The Morgan fingerprint density at radius 3 is 2.54 bits per heavy atom. The van der Waals surface area contributed by atoms with Gasteiger partial charge in [-0.1, -0.05) is 6.07 Å². The van der Waals surface area contributed by atoms with Crippen molar-refractivity contribution in [1.29, 1.82) is 0 Å². The van der Waals surface area contributed by atoms with Gasteiger partial charge in [0.15, 0.2) is 0 Å². The minimum absolute atomic E-state index is 0.132. The minimum atomic E-state index is 0.132. The molecule has 0 bridgehead atoms. The monoisotopic (exact) mass is 381 g/mol. The topological polar surface area (TPSA) is 45.7 Å². The summed E-state index contributed by atoms with van der Waals surface area (Å²) in [6.07, 6.45) is 2.38. The van der Waals surface area contributed by atoms with Gasteiger partial charge < -0.3 is 14.5 Å². The SMILES string of the molecule is CO[C@@H]1C[C@H]2CN(C(=O)c3ccc4c(C)cc(C)nc4c3)C[C@H]2C[C@H]1N(C)C. The van der Waals surface area contributed by atoms with E-state index in [4.69, 9.17) is 4.74 Å². The zero-order valence-electron chi connectivity index (χ0n) is 17.6. The van der Waals surface area contributed by atoms with Gasteiger partial charge >= 0.3 is 0 Å². The number of methoxy groups -OCH3 is 1. The molecule has 0 spiro atoms. The molecule has 1 aliphatic carbocycles. The summed E-state index contributed by atoms with van der Waals surface area (Å²) >= 11 is 0. The van der Waals surface area contributed by atoms with Crippen LogP contribution in [0.15, 0.2) is 24.3 Å². The predicted octanol–water partition coefficient (Wildman–Crippen LogP) is 3.28. The Morgan fingerprint density at radius 2 is 1.86 bits per heavy atom. The quantitative estimate of drug-likeness (QED) is 0.819. The van der Waals surface area contributed by atoms with Gasteiger partial charge in [-0.25, -0.2) is 0 Å². The number of pyridine rings is 1. The van der Waals surface area contributed by atoms with Crippen molar-refractivity contribution in [3.05, 3.63) is 41.1 Å². The molecule has 1 saturated heterocycles. The number of likely N-dealkylation sites (tertiary alicyclic amines) is 1. The van der Waals surface area contributed by atoms with Crippen LogP contribution in [0, 0.1) is 25.7 Å². The third kappa shape index (κ3) is 3.42. The summed E-state index contributed by atoms with van der Waals surface area (Å²) in [5.41, 5.74) is 3.85. The average molecular weight is 382 g/mol. The standard InChI is InChI=1S/C23H31N3O2/c1-14-8-15(2)24-20-9-16(6-7-19(14)20)23(27)26-12-17-10-21(25(3)4)22(28-5)11-18(17)13-26/h6-9,17-18,21-22H,10-13H2,1-5H3/t17-,18+,21-,22-/m1/s1. The molecule has 0 unspecified atom stereocenters. The first kappa shape index (κ1) is 19.3. The molecule has 1 aliphatic heterocycles. The number of fused-ring (bicyclic) bond motifs is 2. The van der Waals surface area contributed by atoms with E-state index >= 15 is 0 Å². The predicted molar refractivity (Wildman–Crippen MR) is 112 cm³/mol. The fourth-order valence-corrected chi connectivity index (χ4v) is 5.24. The summed E-state index contributed by atoms with van der Waals surface area (Å²) in [7, 11) is 6.06. The second-order valence-electron chi connectivity index (χ2n) is 8.82. The zero-order valence-corrected chi connectivity index (χ0v) is 17.6. The van der Waals surface area contributed by atoms with Gasteiger partial charge in [-0.3, -0.25) is 9.78 Å². The lowest BCUT2D eigenvalue weighted by atomic mass is 9.77. The Bertz CT molecular complexity index is 895. The van der Waals surface area contributed by atoms with Crippen LogP contribution in [0.1, 0.15) is 34.5 Å². The number of hydrogen-bond acceptors (Lipinski definition) is 4. The van der Waals surface area contributed by atoms with Crippen LogP contribution in [-0.2, 0) is 4.74 Å². The minimum Gasteiger partial charge on any atom is -0.380 e. The molecule has 4 atom stereocenters. The van der Waals surface area contributed by atoms with E-state index in [1.54, 1.807) is 0 Å². The highest BCUT2D eigenvalue weighted by atomic mass is 16.5. The van der Waals surface area contributed by atoms with Crippen LogP contribution >= 0.6 is 0 Å². The molecule has 2 fully saturated rings. The summed E-state index contributed by atoms with van der Waals surface area (Å²) in [5.74, 6) is 1.23. The van der Waals surface area contributed by atoms with E-state index in [2.05, 4.69) is 37.0 Å². The van der Waals surface area contributed by atoms with Gasteiger partial charge in [-0.05, 0) is 76.4 Å². The summed E-state index contributed by atoms with van der Waals surface area (Å²) in [4.78, 5) is 22.2. The van der Waals surface area contributed by atoms with Crippen molar-refractivity contribution >= 4 is 16.8 Å². The summed E-state index contributed by atoms with van der Waals surface area (Å²) in [5, 5.41) is 1.12. The van der Waals surface area contributed by atoms with Crippen LogP contribution < -0.4 is 0 Å². The molecule has 1 aromatic heterocycles. The number of hydrogen-bond donors (Lipinski definition) is 0. The number of benzene rings is 1. The number of aromatic nitrogens is 1. The Labute approximate surface area is 167 Å². The first-order valence-electron chi connectivity index (χ1n) is 10.2. The van der Waals surface area contributed by atoms with Crippen molar-refractivity contribution in [2.75, 3.05) is 34.3 Å². The lowest BCUT2D eigenvalue weighted by Crippen LogP contribution is -2.47. The molecule has 150 valence electrons. The fourth-order valence-electron chi connectivity index (χ4n) is 5.24. The van der Waals surface area contributed by atoms with Crippen LogP contribution in [0.2, 0.25) is 0 Å². The molecule has 2 aromatic rings. The molecular formula is C23H31N3O2. The summed E-state index contributed by atoms with van der Waals surface area (Å²) in [6.45, 7) is 5.78. The first-order valence-corrected chi connectivity index (χ1v) is 10.2. The highest BCUT2D eigenvalue weighted by molar-refractivity contribution is 5.98. The maximum atomic E-state index is 13.2. The molecular weight excluding hydrogens is 350 g/mol. The zero-order chi connectivity index (χ0) is 20.0. The summed E-state index contributed by atoms with van der Waals surface area (Å²) in [6, 6.07) is 8.47. The third-order valence-electron chi connectivity index (χ3n) is 6.73. The Hall–Kier alpha value is -1.98. The van der Waals surface area contributed by atoms with Crippen molar-refractivity contribution in [1.82, 2.24) is 14.8 Å². The van der Waals surface area contributed by atoms with Crippen LogP contribution in [0.5, 0.6) is 0 Å². The average Bonchev–Trinajstić information content (AvgIpc) is 3.08. The number of carbonyl (C=O) groups is 1. The first-order chi connectivity index (χ1) is 13.4. The van der Waals surface area contributed by atoms with Crippen molar-refractivity contribution in [3.8, 4) is 0 Å². The van der Waals surface area contributed by atoms with Gasteiger partial charge in [0.05, 0.1) is 11.6 Å². The molecule has 5 nitrogen and oxygen atoms in total. The maximum Gasteiger partial charge on any atom is 0.253 e.